The fourth-order valence-corrected chi connectivity index (χ4v) is 3.91. The predicted molar refractivity (Wildman–Crippen MR) is 113 cm³/mol. The van der Waals surface area contributed by atoms with Gasteiger partial charge in [-0.05, 0) is 93.3 Å². The van der Waals surface area contributed by atoms with Crippen LogP contribution in [0.25, 0.3) is 0 Å². The largest absolute Gasteiger partial charge is 0.493 e. The number of aryl methyl sites for hydroxylation is 1. The van der Waals surface area contributed by atoms with Crippen molar-refractivity contribution in [2.75, 3.05) is 47.4 Å². The van der Waals surface area contributed by atoms with Crippen molar-refractivity contribution in [3.63, 3.8) is 0 Å². The zero-order chi connectivity index (χ0) is 19.8. The molecule has 0 fully saturated rings. The van der Waals surface area contributed by atoms with E-state index < -0.39 is 0 Å². The highest BCUT2D eigenvalue weighted by Crippen LogP contribution is 2.33. The van der Waals surface area contributed by atoms with E-state index in [0.717, 1.165) is 57.1 Å². The summed E-state index contributed by atoms with van der Waals surface area (Å²) in [6, 6.07) is 8.51. The van der Waals surface area contributed by atoms with Crippen LogP contribution in [0.4, 0.5) is 0 Å². The summed E-state index contributed by atoms with van der Waals surface area (Å²) in [5, 5.41) is 0. The quantitative estimate of drug-likeness (QED) is 0.629. The highest BCUT2D eigenvalue weighted by atomic mass is 16.5. The molecule has 0 saturated heterocycles. The van der Waals surface area contributed by atoms with E-state index in [1.165, 1.54) is 29.5 Å². The average molecular weight is 384 g/mol. The topological polar surface area (TPSA) is 37.8 Å². The molecule has 0 saturated carbocycles. The Bertz CT molecular complexity index is 736. The van der Waals surface area contributed by atoms with Crippen molar-refractivity contribution in [3.05, 3.63) is 53.3 Å². The molecule has 0 bridgehead atoms. The van der Waals surface area contributed by atoms with E-state index in [9.17, 15) is 0 Å². The van der Waals surface area contributed by atoms with Crippen LogP contribution >= 0.6 is 0 Å². The van der Waals surface area contributed by atoms with E-state index in [4.69, 9.17) is 9.47 Å². The molecule has 0 amide bonds. The number of ether oxygens (including phenoxy) is 2. The molecular weight excluding hydrogens is 350 g/mol. The Morgan fingerprint density at radius 2 is 1.68 bits per heavy atom. The number of hydrogen-bond donors (Lipinski definition) is 0. The molecule has 1 aliphatic rings. The summed E-state index contributed by atoms with van der Waals surface area (Å²) in [4.78, 5) is 9.08. The van der Waals surface area contributed by atoms with E-state index in [0.29, 0.717) is 0 Å². The fraction of sp³-hybridized carbons (Fsp3) is 0.522. The maximum Gasteiger partial charge on any atom is 0.161 e. The van der Waals surface area contributed by atoms with Gasteiger partial charge in [-0.3, -0.25) is 9.88 Å². The van der Waals surface area contributed by atoms with Crippen molar-refractivity contribution in [2.24, 2.45) is 0 Å². The zero-order valence-electron chi connectivity index (χ0n) is 17.5. The number of aromatic nitrogens is 1. The first kappa shape index (κ1) is 20.6. The summed E-state index contributed by atoms with van der Waals surface area (Å²) >= 11 is 0. The lowest BCUT2D eigenvalue weighted by Crippen LogP contribution is -2.33. The van der Waals surface area contributed by atoms with Crippen LogP contribution in [0.2, 0.25) is 0 Å². The molecule has 0 spiro atoms. The molecule has 5 nitrogen and oxygen atoms in total. The fourth-order valence-electron chi connectivity index (χ4n) is 3.91. The molecule has 0 atom stereocenters. The normalized spacial score (nSPS) is 14.1. The molecule has 1 aromatic carbocycles. The van der Waals surface area contributed by atoms with Gasteiger partial charge in [0.2, 0.25) is 0 Å². The van der Waals surface area contributed by atoms with Gasteiger partial charge in [-0.25, -0.2) is 0 Å². The van der Waals surface area contributed by atoms with Crippen molar-refractivity contribution >= 4 is 0 Å². The van der Waals surface area contributed by atoms with E-state index in [1.807, 2.05) is 12.4 Å². The first-order valence-corrected chi connectivity index (χ1v) is 10.2. The Morgan fingerprint density at radius 3 is 2.39 bits per heavy atom. The Balaban J connectivity index is 1.39. The lowest BCUT2D eigenvalue weighted by Gasteiger charge is -2.30. The summed E-state index contributed by atoms with van der Waals surface area (Å²) in [5.74, 6) is 1.67. The molecule has 0 radical (unpaired) electrons. The molecule has 0 aliphatic carbocycles. The number of fused-ring (bicyclic) bond motifs is 1. The van der Waals surface area contributed by atoms with Crippen molar-refractivity contribution in [1.82, 2.24) is 14.8 Å². The summed E-state index contributed by atoms with van der Waals surface area (Å²) in [6.45, 7) is 5.55. The van der Waals surface area contributed by atoms with Crippen LogP contribution < -0.4 is 9.47 Å². The number of nitrogens with zero attached hydrogens (tertiary/aromatic N) is 3. The number of hydrogen-bond acceptors (Lipinski definition) is 5. The minimum Gasteiger partial charge on any atom is -0.493 e. The average Bonchev–Trinajstić information content (AvgIpc) is 2.73. The maximum absolute atomic E-state index is 5.47. The van der Waals surface area contributed by atoms with Gasteiger partial charge in [0.1, 0.15) is 0 Å². The Labute approximate surface area is 169 Å². The van der Waals surface area contributed by atoms with E-state index >= 15 is 0 Å². The second-order valence-corrected chi connectivity index (χ2v) is 7.62. The van der Waals surface area contributed by atoms with Crippen LogP contribution in [0.1, 0.15) is 29.5 Å². The maximum atomic E-state index is 5.47. The van der Waals surface area contributed by atoms with Gasteiger partial charge in [-0.1, -0.05) is 0 Å². The standard InChI is InChI=1S/C23H33N3O2/c1-25(12-4-6-19-7-10-24-11-8-19)13-5-14-26-15-9-20-16-22(27-2)23(28-3)17-21(20)18-26/h7-8,10-11,16-17H,4-6,9,12-15,18H2,1-3H3. The Kier molecular flexibility index (Phi) is 7.69. The van der Waals surface area contributed by atoms with E-state index in [1.54, 1.807) is 14.2 Å². The molecule has 2 heterocycles. The molecule has 0 N–H and O–H groups in total. The van der Waals surface area contributed by atoms with Gasteiger partial charge in [0.15, 0.2) is 11.5 Å². The van der Waals surface area contributed by atoms with Crippen molar-refractivity contribution in [1.29, 1.82) is 0 Å². The van der Waals surface area contributed by atoms with Crippen LogP contribution in [-0.2, 0) is 19.4 Å². The second-order valence-electron chi connectivity index (χ2n) is 7.62. The minimum atomic E-state index is 0.831. The number of methoxy groups -OCH3 is 2. The monoisotopic (exact) mass is 383 g/mol. The van der Waals surface area contributed by atoms with Crippen molar-refractivity contribution < 1.29 is 9.47 Å². The van der Waals surface area contributed by atoms with Gasteiger partial charge in [-0.15, -0.1) is 0 Å². The predicted octanol–water partition coefficient (Wildman–Crippen LogP) is 3.41. The molecule has 5 heteroatoms. The molecule has 2 aromatic rings. The van der Waals surface area contributed by atoms with Crippen LogP contribution in [0.5, 0.6) is 11.5 Å². The van der Waals surface area contributed by atoms with Crippen LogP contribution in [-0.4, -0.2) is 62.2 Å². The molecule has 3 rings (SSSR count). The molecule has 152 valence electrons. The van der Waals surface area contributed by atoms with Gasteiger partial charge >= 0.3 is 0 Å². The van der Waals surface area contributed by atoms with Crippen LogP contribution in [0.15, 0.2) is 36.7 Å². The molecule has 0 unspecified atom stereocenters. The molecule has 1 aliphatic heterocycles. The molecular formula is C23H33N3O2. The lowest BCUT2D eigenvalue weighted by atomic mass is 9.98. The molecule has 1 aromatic heterocycles. The summed E-state index contributed by atoms with van der Waals surface area (Å²) < 4.78 is 10.9. The number of pyridine rings is 1. The van der Waals surface area contributed by atoms with E-state index in [2.05, 4.69) is 46.1 Å². The highest BCUT2D eigenvalue weighted by molar-refractivity contribution is 5.48. The van der Waals surface area contributed by atoms with Crippen LogP contribution in [0.3, 0.4) is 0 Å². The van der Waals surface area contributed by atoms with Crippen LogP contribution in [0, 0.1) is 0 Å². The van der Waals surface area contributed by atoms with Crippen molar-refractivity contribution in [3.8, 4) is 11.5 Å². The van der Waals surface area contributed by atoms with Gasteiger partial charge in [0.25, 0.3) is 0 Å². The van der Waals surface area contributed by atoms with E-state index in [-0.39, 0.29) is 0 Å². The first-order chi connectivity index (χ1) is 13.7. The second kappa shape index (κ2) is 10.4. The molecule has 28 heavy (non-hydrogen) atoms. The minimum absolute atomic E-state index is 0.831. The number of benzene rings is 1. The van der Waals surface area contributed by atoms with Gasteiger partial charge in [-0.2, -0.15) is 0 Å². The summed E-state index contributed by atoms with van der Waals surface area (Å²) in [6.07, 6.45) is 8.36. The summed E-state index contributed by atoms with van der Waals surface area (Å²) in [7, 11) is 5.64. The van der Waals surface area contributed by atoms with Gasteiger partial charge in [0, 0.05) is 25.5 Å². The van der Waals surface area contributed by atoms with Gasteiger partial charge < -0.3 is 14.4 Å². The van der Waals surface area contributed by atoms with Gasteiger partial charge in [0.05, 0.1) is 14.2 Å². The van der Waals surface area contributed by atoms with Crippen molar-refractivity contribution in [2.45, 2.75) is 32.2 Å². The summed E-state index contributed by atoms with van der Waals surface area (Å²) in [5.41, 5.74) is 4.14. The number of rotatable bonds is 10. The zero-order valence-corrected chi connectivity index (χ0v) is 17.5. The Hall–Kier alpha value is -2.11. The lowest BCUT2D eigenvalue weighted by molar-refractivity contribution is 0.229. The SMILES string of the molecule is COc1cc2c(cc1OC)CN(CCCN(C)CCCc1ccncc1)CC2. The third-order valence-corrected chi connectivity index (χ3v) is 5.57. The smallest absolute Gasteiger partial charge is 0.161 e. The highest BCUT2D eigenvalue weighted by Gasteiger charge is 2.19. The first-order valence-electron chi connectivity index (χ1n) is 10.2. The third-order valence-electron chi connectivity index (χ3n) is 5.57. The Morgan fingerprint density at radius 1 is 1.00 bits per heavy atom. The third kappa shape index (κ3) is 5.69.